The average Bonchev–Trinajstić information content (AvgIpc) is 2.84. The Hall–Kier alpha value is -1.49. The van der Waals surface area contributed by atoms with E-state index in [1.807, 2.05) is 24.4 Å². The minimum Gasteiger partial charge on any atom is -0.465 e. The first-order valence-corrected chi connectivity index (χ1v) is 6.87. The molecule has 1 aromatic carbocycles. The molecular weight excluding hydrogens is 296 g/mol. The number of methoxy groups -OCH3 is 1. The summed E-state index contributed by atoms with van der Waals surface area (Å²) in [6, 6.07) is 5.72. The number of H-pyrrole nitrogens is 1. The maximum absolute atomic E-state index is 11.8. The Kier molecular flexibility index (Phi) is 4.25. The third-order valence-corrected chi connectivity index (χ3v) is 3.28. The molecule has 0 saturated carbocycles. The van der Waals surface area contributed by atoms with Gasteiger partial charge in [0.2, 0.25) is 0 Å². The highest BCUT2D eigenvalue weighted by Crippen LogP contribution is 2.24. The van der Waals surface area contributed by atoms with Crippen molar-refractivity contribution in [3.05, 3.63) is 30.0 Å². The molecule has 0 saturated heterocycles. The number of aromatic nitrogens is 1. The smallest absolute Gasteiger partial charge is 0.339 e. The zero-order valence-electron chi connectivity index (χ0n) is 10.1. The molecule has 0 bridgehead atoms. The number of hydrogen-bond acceptors (Lipinski definition) is 3. The van der Waals surface area contributed by atoms with Gasteiger partial charge in [-0.25, -0.2) is 4.79 Å². The van der Waals surface area contributed by atoms with E-state index in [2.05, 4.69) is 26.2 Å². The van der Waals surface area contributed by atoms with Crippen LogP contribution < -0.4 is 5.32 Å². The highest BCUT2D eigenvalue weighted by Gasteiger charge is 2.13. The molecule has 0 fully saturated rings. The van der Waals surface area contributed by atoms with Crippen LogP contribution in [0.3, 0.4) is 0 Å². The van der Waals surface area contributed by atoms with Gasteiger partial charge in [0.15, 0.2) is 0 Å². The summed E-state index contributed by atoms with van der Waals surface area (Å²) >= 11 is 3.38. The Morgan fingerprint density at radius 2 is 2.33 bits per heavy atom. The van der Waals surface area contributed by atoms with Crippen molar-refractivity contribution in [1.82, 2.24) is 4.98 Å². The molecule has 0 aliphatic heterocycles. The standard InChI is InChI=1S/C13H15BrN2O2/c1-18-13(17)10-7-9-3-6-16-11(9)8-12(10)15-5-2-4-14/h3,6-8,15-16H,2,4-5H2,1H3. The number of carbonyl (C=O) groups excluding carboxylic acids is 1. The molecule has 96 valence electrons. The lowest BCUT2D eigenvalue weighted by atomic mass is 10.1. The minimum atomic E-state index is -0.320. The monoisotopic (exact) mass is 310 g/mol. The topological polar surface area (TPSA) is 54.1 Å². The van der Waals surface area contributed by atoms with E-state index in [1.54, 1.807) is 0 Å². The summed E-state index contributed by atoms with van der Waals surface area (Å²) in [4.78, 5) is 14.9. The molecule has 0 spiro atoms. The predicted molar refractivity (Wildman–Crippen MR) is 76.5 cm³/mol. The lowest BCUT2D eigenvalue weighted by Crippen LogP contribution is -2.09. The van der Waals surface area contributed by atoms with E-state index in [0.717, 1.165) is 34.9 Å². The zero-order valence-corrected chi connectivity index (χ0v) is 11.7. The van der Waals surface area contributed by atoms with Crippen molar-refractivity contribution in [2.45, 2.75) is 6.42 Å². The van der Waals surface area contributed by atoms with Gasteiger partial charge in [-0.05, 0) is 24.6 Å². The number of esters is 1. The fraction of sp³-hybridized carbons (Fsp3) is 0.308. The van der Waals surface area contributed by atoms with E-state index in [-0.39, 0.29) is 5.97 Å². The summed E-state index contributed by atoms with van der Waals surface area (Å²) < 4.78 is 4.81. The normalized spacial score (nSPS) is 10.6. The highest BCUT2D eigenvalue weighted by atomic mass is 79.9. The summed E-state index contributed by atoms with van der Waals surface area (Å²) in [5.74, 6) is -0.320. The summed E-state index contributed by atoms with van der Waals surface area (Å²) in [5, 5.41) is 5.19. The van der Waals surface area contributed by atoms with Crippen LogP contribution in [0.25, 0.3) is 10.9 Å². The number of ether oxygens (including phenoxy) is 1. The number of benzene rings is 1. The first kappa shape index (κ1) is 13.0. The van der Waals surface area contributed by atoms with Gasteiger partial charge in [-0.1, -0.05) is 15.9 Å². The number of alkyl halides is 1. The molecule has 0 aliphatic rings. The summed E-state index contributed by atoms with van der Waals surface area (Å²) in [6.07, 6.45) is 2.84. The van der Waals surface area contributed by atoms with Crippen molar-refractivity contribution in [2.75, 3.05) is 24.3 Å². The first-order chi connectivity index (χ1) is 8.76. The molecule has 2 N–H and O–H groups in total. The Balaban J connectivity index is 2.36. The predicted octanol–water partition coefficient (Wildman–Crippen LogP) is 3.15. The molecule has 0 amide bonds. The molecule has 0 radical (unpaired) electrons. The van der Waals surface area contributed by atoms with Gasteiger partial charge in [0.1, 0.15) is 0 Å². The number of rotatable bonds is 5. The molecule has 0 aliphatic carbocycles. The molecule has 1 aromatic heterocycles. The minimum absolute atomic E-state index is 0.320. The Labute approximate surface area is 114 Å². The Morgan fingerprint density at radius 1 is 1.50 bits per heavy atom. The van der Waals surface area contributed by atoms with Gasteiger partial charge in [0.05, 0.1) is 18.4 Å². The first-order valence-electron chi connectivity index (χ1n) is 5.75. The molecule has 1 heterocycles. The van der Waals surface area contributed by atoms with E-state index < -0.39 is 0 Å². The van der Waals surface area contributed by atoms with Crippen LogP contribution in [-0.2, 0) is 4.74 Å². The molecule has 2 rings (SSSR count). The van der Waals surface area contributed by atoms with Gasteiger partial charge >= 0.3 is 5.97 Å². The van der Waals surface area contributed by atoms with Crippen molar-refractivity contribution in [1.29, 1.82) is 0 Å². The lowest BCUT2D eigenvalue weighted by Gasteiger charge is -2.10. The van der Waals surface area contributed by atoms with Crippen molar-refractivity contribution in [3.8, 4) is 0 Å². The van der Waals surface area contributed by atoms with Gasteiger partial charge in [0.25, 0.3) is 0 Å². The molecule has 18 heavy (non-hydrogen) atoms. The lowest BCUT2D eigenvalue weighted by molar-refractivity contribution is 0.0602. The van der Waals surface area contributed by atoms with Crippen molar-refractivity contribution >= 4 is 38.5 Å². The largest absolute Gasteiger partial charge is 0.465 e. The van der Waals surface area contributed by atoms with E-state index in [4.69, 9.17) is 4.74 Å². The maximum atomic E-state index is 11.8. The van der Waals surface area contributed by atoms with Crippen molar-refractivity contribution in [2.24, 2.45) is 0 Å². The van der Waals surface area contributed by atoms with E-state index >= 15 is 0 Å². The number of aromatic amines is 1. The number of halogens is 1. The Morgan fingerprint density at radius 3 is 3.06 bits per heavy atom. The third kappa shape index (κ3) is 2.67. The van der Waals surface area contributed by atoms with E-state index in [1.165, 1.54) is 7.11 Å². The van der Waals surface area contributed by atoms with Crippen LogP contribution in [0.2, 0.25) is 0 Å². The SMILES string of the molecule is COC(=O)c1cc2cc[nH]c2cc1NCCCBr. The van der Waals surface area contributed by atoms with Crippen LogP contribution in [0.15, 0.2) is 24.4 Å². The average molecular weight is 311 g/mol. The summed E-state index contributed by atoms with van der Waals surface area (Å²) in [7, 11) is 1.39. The van der Waals surface area contributed by atoms with E-state index in [9.17, 15) is 4.79 Å². The highest BCUT2D eigenvalue weighted by molar-refractivity contribution is 9.09. The van der Waals surface area contributed by atoms with Crippen molar-refractivity contribution < 1.29 is 9.53 Å². The molecule has 5 heteroatoms. The van der Waals surface area contributed by atoms with Gasteiger partial charge in [-0.15, -0.1) is 0 Å². The molecule has 0 atom stereocenters. The molecular formula is C13H15BrN2O2. The second-order valence-electron chi connectivity index (χ2n) is 3.92. The second kappa shape index (κ2) is 5.91. The Bertz CT molecular complexity index is 551. The fourth-order valence-electron chi connectivity index (χ4n) is 1.82. The molecule has 2 aromatic rings. The molecule has 0 unspecified atom stereocenters. The number of anilines is 1. The number of hydrogen-bond donors (Lipinski definition) is 2. The number of nitrogens with one attached hydrogen (secondary N) is 2. The van der Waals surface area contributed by atoms with Crippen LogP contribution in [0.4, 0.5) is 5.69 Å². The van der Waals surface area contributed by atoms with E-state index in [0.29, 0.717) is 5.56 Å². The quantitative estimate of drug-likeness (QED) is 0.507. The van der Waals surface area contributed by atoms with Crippen LogP contribution in [0.5, 0.6) is 0 Å². The van der Waals surface area contributed by atoms with Crippen LogP contribution in [0, 0.1) is 0 Å². The third-order valence-electron chi connectivity index (χ3n) is 2.72. The van der Waals surface area contributed by atoms with Gasteiger partial charge in [-0.2, -0.15) is 0 Å². The van der Waals surface area contributed by atoms with Crippen LogP contribution in [-0.4, -0.2) is 29.9 Å². The number of fused-ring (bicyclic) bond motifs is 1. The van der Waals surface area contributed by atoms with Crippen LogP contribution in [0.1, 0.15) is 16.8 Å². The van der Waals surface area contributed by atoms with Gasteiger partial charge in [-0.3, -0.25) is 0 Å². The van der Waals surface area contributed by atoms with Gasteiger partial charge in [0, 0.05) is 29.0 Å². The van der Waals surface area contributed by atoms with Crippen molar-refractivity contribution in [3.63, 3.8) is 0 Å². The summed E-state index contributed by atoms with van der Waals surface area (Å²) in [5.41, 5.74) is 2.38. The maximum Gasteiger partial charge on any atom is 0.339 e. The second-order valence-corrected chi connectivity index (χ2v) is 4.72. The zero-order chi connectivity index (χ0) is 13.0. The number of carbonyl (C=O) groups is 1. The summed E-state index contributed by atoms with van der Waals surface area (Å²) in [6.45, 7) is 0.807. The van der Waals surface area contributed by atoms with Crippen LogP contribution >= 0.6 is 15.9 Å². The molecule has 4 nitrogen and oxygen atoms in total. The fourth-order valence-corrected chi connectivity index (χ4v) is 2.10. The van der Waals surface area contributed by atoms with Gasteiger partial charge < -0.3 is 15.0 Å².